The molecule has 110 valence electrons. The van der Waals surface area contributed by atoms with Crippen molar-refractivity contribution in [2.75, 3.05) is 18.0 Å². The minimum Gasteiger partial charge on any atom is -0.353 e. The van der Waals surface area contributed by atoms with Crippen LogP contribution in [0.5, 0.6) is 0 Å². The molecule has 1 unspecified atom stereocenters. The first-order valence-electron chi connectivity index (χ1n) is 7.62. The standard InChI is InChI=1S/C16H20N4O/c1-11(21)18-14-6-7-20(10-14)16-13(9-17)8-12-4-2-3-5-15(12)19-16/h8,14H,2-7,10H2,1H3,(H,18,21). The highest BCUT2D eigenvalue weighted by atomic mass is 16.1. The molecular formula is C16H20N4O. The van der Waals surface area contributed by atoms with Crippen LogP contribution in [0.25, 0.3) is 0 Å². The molecule has 0 saturated carbocycles. The average Bonchev–Trinajstić information content (AvgIpc) is 2.93. The monoisotopic (exact) mass is 284 g/mol. The van der Waals surface area contributed by atoms with E-state index in [0.29, 0.717) is 5.56 Å². The van der Waals surface area contributed by atoms with E-state index in [4.69, 9.17) is 4.98 Å². The second-order valence-electron chi connectivity index (χ2n) is 5.92. The van der Waals surface area contributed by atoms with Crippen molar-refractivity contribution in [1.82, 2.24) is 10.3 Å². The summed E-state index contributed by atoms with van der Waals surface area (Å²) in [7, 11) is 0. The number of fused-ring (bicyclic) bond motifs is 1. The first-order valence-corrected chi connectivity index (χ1v) is 7.62. The van der Waals surface area contributed by atoms with Crippen LogP contribution in [0, 0.1) is 11.3 Å². The summed E-state index contributed by atoms with van der Waals surface area (Å²) in [6.45, 7) is 3.12. The number of nitriles is 1. The summed E-state index contributed by atoms with van der Waals surface area (Å²) in [6.07, 6.45) is 5.32. The smallest absolute Gasteiger partial charge is 0.217 e. The van der Waals surface area contributed by atoms with Gasteiger partial charge in [-0.25, -0.2) is 4.98 Å². The Morgan fingerprint density at radius 1 is 1.48 bits per heavy atom. The third-order valence-corrected chi connectivity index (χ3v) is 4.30. The maximum absolute atomic E-state index is 11.2. The minimum absolute atomic E-state index is 0.000701. The zero-order valence-corrected chi connectivity index (χ0v) is 12.4. The van der Waals surface area contributed by atoms with Crippen LogP contribution in [0.1, 0.15) is 43.0 Å². The molecule has 1 atom stereocenters. The van der Waals surface area contributed by atoms with Gasteiger partial charge in [0, 0.05) is 31.7 Å². The molecule has 5 heteroatoms. The molecule has 21 heavy (non-hydrogen) atoms. The van der Waals surface area contributed by atoms with E-state index in [9.17, 15) is 10.1 Å². The molecule has 1 N–H and O–H groups in total. The lowest BCUT2D eigenvalue weighted by molar-refractivity contribution is -0.119. The van der Waals surface area contributed by atoms with Crippen molar-refractivity contribution in [3.63, 3.8) is 0 Å². The fraction of sp³-hybridized carbons (Fsp3) is 0.562. The van der Waals surface area contributed by atoms with E-state index >= 15 is 0 Å². The molecule has 0 aromatic carbocycles. The highest BCUT2D eigenvalue weighted by molar-refractivity contribution is 5.73. The molecule has 1 aliphatic heterocycles. The number of aromatic nitrogens is 1. The second kappa shape index (κ2) is 5.72. The summed E-state index contributed by atoms with van der Waals surface area (Å²) in [4.78, 5) is 18.1. The molecule has 1 aromatic rings. The van der Waals surface area contributed by atoms with Crippen LogP contribution < -0.4 is 10.2 Å². The van der Waals surface area contributed by atoms with Crippen LogP contribution in [-0.4, -0.2) is 30.0 Å². The average molecular weight is 284 g/mol. The number of pyridine rings is 1. The molecule has 0 radical (unpaired) electrons. The van der Waals surface area contributed by atoms with Gasteiger partial charge in [-0.15, -0.1) is 0 Å². The summed E-state index contributed by atoms with van der Waals surface area (Å²) >= 11 is 0. The van der Waals surface area contributed by atoms with E-state index < -0.39 is 0 Å². The van der Waals surface area contributed by atoms with Gasteiger partial charge < -0.3 is 10.2 Å². The predicted molar refractivity (Wildman–Crippen MR) is 80.0 cm³/mol. The van der Waals surface area contributed by atoms with Gasteiger partial charge in [-0.3, -0.25) is 4.79 Å². The van der Waals surface area contributed by atoms with Crippen molar-refractivity contribution >= 4 is 11.7 Å². The first kappa shape index (κ1) is 13.9. The number of nitrogens with zero attached hydrogens (tertiary/aromatic N) is 3. The van der Waals surface area contributed by atoms with Crippen LogP contribution in [0.4, 0.5) is 5.82 Å². The fourth-order valence-electron chi connectivity index (χ4n) is 3.30. The Bertz CT molecular complexity index is 605. The number of aryl methyl sites for hydroxylation is 2. The van der Waals surface area contributed by atoms with Gasteiger partial charge in [0.15, 0.2) is 0 Å². The van der Waals surface area contributed by atoms with Gasteiger partial charge >= 0.3 is 0 Å². The third kappa shape index (κ3) is 2.85. The van der Waals surface area contributed by atoms with Crippen LogP contribution in [0.2, 0.25) is 0 Å². The lowest BCUT2D eigenvalue weighted by Gasteiger charge is -2.23. The molecule has 3 rings (SSSR count). The van der Waals surface area contributed by atoms with Gasteiger partial charge in [-0.05, 0) is 43.7 Å². The predicted octanol–water partition coefficient (Wildman–Crippen LogP) is 1.55. The fourth-order valence-corrected chi connectivity index (χ4v) is 3.30. The van der Waals surface area contributed by atoms with Gasteiger partial charge in [-0.1, -0.05) is 0 Å². The van der Waals surface area contributed by atoms with Crippen LogP contribution in [0.3, 0.4) is 0 Å². The highest BCUT2D eigenvalue weighted by Gasteiger charge is 2.27. The number of nitrogens with one attached hydrogen (secondary N) is 1. The molecule has 2 aliphatic rings. The van der Waals surface area contributed by atoms with E-state index in [1.54, 1.807) is 6.92 Å². The van der Waals surface area contributed by atoms with E-state index in [1.807, 2.05) is 6.07 Å². The summed E-state index contributed by atoms with van der Waals surface area (Å²) in [5.41, 5.74) is 3.05. The number of hydrogen-bond acceptors (Lipinski definition) is 4. The number of amides is 1. The Morgan fingerprint density at radius 2 is 2.29 bits per heavy atom. The zero-order chi connectivity index (χ0) is 14.8. The van der Waals surface area contributed by atoms with E-state index in [2.05, 4.69) is 16.3 Å². The molecule has 1 amide bonds. The summed E-state index contributed by atoms with van der Waals surface area (Å²) in [5.74, 6) is 0.798. The lowest BCUT2D eigenvalue weighted by atomic mass is 9.95. The molecule has 2 heterocycles. The van der Waals surface area contributed by atoms with E-state index in [1.165, 1.54) is 18.4 Å². The molecule has 0 bridgehead atoms. The number of anilines is 1. The Morgan fingerprint density at radius 3 is 3.05 bits per heavy atom. The molecular weight excluding hydrogens is 264 g/mol. The quantitative estimate of drug-likeness (QED) is 0.894. The van der Waals surface area contributed by atoms with Crippen LogP contribution >= 0.6 is 0 Å². The lowest BCUT2D eigenvalue weighted by Crippen LogP contribution is -2.36. The van der Waals surface area contributed by atoms with Crippen LogP contribution in [-0.2, 0) is 17.6 Å². The summed E-state index contributed by atoms with van der Waals surface area (Å²) < 4.78 is 0. The van der Waals surface area contributed by atoms with Gasteiger partial charge in [0.05, 0.1) is 5.56 Å². The molecule has 5 nitrogen and oxygen atoms in total. The van der Waals surface area contributed by atoms with Crippen molar-refractivity contribution in [3.05, 3.63) is 22.9 Å². The number of hydrogen-bond donors (Lipinski definition) is 1. The molecule has 1 fully saturated rings. The molecule has 0 spiro atoms. The van der Waals surface area contributed by atoms with Crippen molar-refractivity contribution in [1.29, 1.82) is 5.26 Å². The van der Waals surface area contributed by atoms with E-state index in [0.717, 1.165) is 43.9 Å². The normalized spacial score (nSPS) is 20.8. The Balaban J connectivity index is 1.85. The summed E-state index contributed by atoms with van der Waals surface area (Å²) in [6, 6.07) is 4.46. The topological polar surface area (TPSA) is 69.0 Å². The number of rotatable bonds is 2. The molecule has 1 aliphatic carbocycles. The van der Waals surface area contributed by atoms with Crippen molar-refractivity contribution in [2.45, 2.75) is 45.1 Å². The minimum atomic E-state index is 0.000701. The maximum atomic E-state index is 11.2. The van der Waals surface area contributed by atoms with Crippen molar-refractivity contribution in [3.8, 4) is 6.07 Å². The number of carbonyl (C=O) groups is 1. The maximum Gasteiger partial charge on any atom is 0.217 e. The first-order chi connectivity index (χ1) is 10.2. The Labute approximate surface area is 125 Å². The van der Waals surface area contributed by atoms with Crippen molar-refractivity contribution < 1.29 is 4.79 Å². The van der Waals surface area contributed by atoms with Gasteiger partial charge in [-0.2, -0.15) is 5.26 Å². The Hall–Kier alpha value is -2.09. The van der Waals surface area contributed by atoms with Crippen molar-refractivity contribution in [2.24, 2.45) is 0 Å². The van der Waals surface area contributed by atoms with Crippen LogP contribution in [0.15, 0.2) is 6.07 Å². The Kier molecular flexibility index (Phi) is 3.78. The SMILES string of the molecule is CC(=O)NC1CCN(c2nc3c(cc2C#N)CCCC3)C1. The second-order valence-corrected chi connectivity index (χ2v) is 5.92. The zero-order valence-electron chi connectivity index (χ0n) is 12.4. The largest absolute Gasteiger partial charge is 0.353 e. The van der Waals surface area contributed by atoms with E-state index in [-0.39, 0.29) is 11.9 Å². The molecule has 1 aromatic heterocycles. The van der Waals surface area contributed by atoms with Gasteiger partial charge in [0.2, 0.25) is 5.91 Å². The van der Waals surface area contributed by atoms with Gasteiger partial charge in [0.1, 0.15) is 11.9 Å². The number of carbonyl (C=O) groups excluding carboxylic acids is 1. The third-order valence-electron chi connectivity index (χ3n) is 4.30. The van der Waals surface area contributed by atoms with Gasteiger partial charge in [0.25, 0.3) is 0 Å². The molecule has 1 saturated heterocycles. The highest BCUT2D eigenvalue weighted by Crippen LogP contribution is 2.28. The summed E-state index contributed by atoms with van der Waals surface area (Å²) in [5, 5.41) is 12.4.